The maximum absolute atomic E-state index is 11.1. The maximum atomic E-state index is 11.1. The van der Waals surface area contributed by atoms with E-state index in [-0.39, 0.29) is 3.53 Å². The molecule has 0 rings (SSSR count). The Bertz CT molecular complexity index is 327. The SMILES string of the molecule is CCS(C)(C(=O)O)C(=S)SC(C)(C)C(=O)O. The highest BCUT2D eigenvalue weighted by Crippen LogP contribution is 2.52. The molecule has 0 aromatic carbocycles. The normalized spacial score (nSPS) is 17.2. The summed E-state index contributed by atoms with van der Waals surface area (Å²) < 4.78 is -0.800. The minimum atomic E-state index is -2.09. The molecule has 2 N–H and O–H groups in total. The number of thiocarbonyl (C=S) groups is 1. The number of hydrogen-bond donors (Lipinski definition) is 2. The van der Waals surface area contributed by atoms with Crippen LogP contribution in [-0.4, -0.2) is 41.8 Å². The fourth-order valence-electron chi connectivity index (χ4n) is 0.657. The Morgan fingerprint density at radius 1 is 1.38 bits per heavy atom. The molecule has 0 aromatic heterocycles. The van der Waals surface area contributed by atoms with Gasteiger partial charge in [-0.3, -0.25) is 4.79 Å². The zero-order chi connectivity index (χ0) is 13.1. The van der Waals surface area contributed by atoms with Crippen LogP contribution in [0.3, 0.4) is 0 Å². The largest absolute Gasteiger partial charge is 0.480 e. The molecule has 0 bridgehead atoms. The molecule has 4 nitrogen and oxygen atoms in total. The topological polar surface area (TPSA) is 74.6 Å². The van der Waals surface area contributed by atoms with Crippen molar-refractivity contribution in [3.05, 3.63) is 0 Å². The van der Waals surface area contributed by atoms with E-state index in [9.17, 15) is 9.59 Å². The van der Waals surface area contributed by atoms with E-state index >= 15 is 0 Å². The van der Waals surface area contributed by atoms with Crippen LogP contribution < -0.4 is 0 Å². The van der Waals surface area contributed by atoms with Crippen molar-refractivity contribution in [1.82, 2.24) is 0 Å². The van der Waals surface area contributed by atoms with E-state index < -0.39 is 26.0 Å². The fourth-order valence-corrected chi connectivity index (χ4v) is 4.91. The van der Waals surface area contributed by atoms with Crippen molar-refractivity contribution >= 4 is 48.8 Å². The lowest BCUT2D eigenvalue weighted by molar-refractivity contribution is -0.138. The lowest BCUT2D eigenvalue weighted by atomic mass is 10.2. The third-order valence-corrected chi connectivity index (χ3v) is 8.40. The van der Waals surface area contributed by atoms with Gasteiger partial charge in [0.05, 0.1) is 3.53 Å². The van der Waals surface area contributed by atoms with Crippen LogP contribution in [0.15, 0.2) is 0 Å². The molecule has 1 atom stereocenters. The first-order valence-electron chi connectivity index (χ1n) is 4.53. The number of aliphatic carboxylic acids is 1. The Kier molecular flexibility index (Phi) is 5.28. The number of carbonyl (C=O) groups is 2. The highest BCUT2D eigenvalue weighted by molar-refractivity contribution is 8.69. The van der Waals surface area contributed by atoms with Crippen molar-refractivity contribution in [3.8, 4) is 0 Å². The summed E-state index contributed by atoms with van der Waals surface area (Å²) in [6, 6.07) is 0. The molecule has 0 aromatic rings. The quantitative estimate of drug-likeness (QED) is 0.776. The van der Waals surface area contributed by atoms with Gasteiger partial charge in [0.2, 0.25) is 0 Å². The predicted molar refractivity (Wildman–Crippen MR) is 74.0 cm³/mol. The van der Waals surface area contributed by atoms with Crippen molar-refractivity contribution in [2.45, 2.75) is 25.5 Å². The molecule has 0 fully saturated rings. The summed E-state index contributed by atoms with van der Waals surface area (Å²) in [7, 11) is -2.09. The Hall–Kier alpha value is -0.270. The molecule has 0 aliphatic carbocycles. The van der Waals surface area contributed by atoms with Crippen molar-refractivity contribution in [1.29, 1.82) is 0 Å². The van der Waals surface area contributed by atoms with Crippen LogP contribution in [-0.2, 0) is 4.79 Å². The number of rotatable bonds is 3. The van der Waals surface area contributed by atoms with Crippen molar-refractivity contribution in [3.63, 3.8) is 0 Å². The first-order valence-corrected chi connectivity index (χ1v) is 7.97. The summed E-state index contributed by atoms with van der Waals surface area (Å²) in [5.41, 5.74) is 0. The molecular formula is C9H16O4S3. The van der Waals surface area contributed by atoms with E-state index in [1.54, 1.807) is 13.2 Å². The number of hydrogen-bond acceptors (Lipinski definition) is 4. The molecule has 0 radical (unpaired) electrons. The molecule has 94 valence electrons. The van der Waals surface area contributed by atoms with E-state index in [4.69, 9.17) is 22.4 Å². The molecular weight excluding hydrogens is 268 g/mol. The Labute approximate surface area is 106 Å². The summed E-state index contributed by atoms with van der Waals surface area (Å²) >= 11 is 6.05. The van der Waals surface area contributed by atoms with Gasteiger partial charge in [0, 0.05) is 0 Å². The van der Waals surface area contributed by atoms with Gasteiger partial charge in [0.1, 0.15) is 4.75 Å². The standard InChI is InChI=1S/C9H16O4S3/c1-5-16(4,7(12)13)8(14)15-9(2,3)6(10)11/h5H2,1-4H3,(H,10,11)(H,12,13). The molecule has 16 heavy (non-hydrogen) atoms. The third-order valence-electron chi connectivity index (χ3n) is 2.18. The van der Waals surface area contributed by atoms with Crippen molar-refractivity contribution in [2.24, 2.45) is 0 Å². The van der Waals surface area contributed by atoms with Crippen LogP contribution in [0.25, 0.3) is 0 Å². The second-order valence-corrected chi connectivity index (χ2v) is 10.1. The first kappa shape index (κ1) is 15.7. The van der Waals surface area contributed by atoms with Gasteiger partial charge in [-0.15, -0.1) is 10.0 Å². The molecule has 1 unspecified atom stereocenters. The third kappa shape index (κ3) is 3.36. The molecule has 0 spiro atoms. The number of thioether (sulfide) groups is 1. The van der Waals surface area contributed by atoms with E-state index in [2.05, 4.69) is 0 Å². The van der Waals surface area contributed by atoms with E-state index in [1.807, 2.05) is 0 Å². The second kappa shape index (κ2) is 5.37. The zero-order valence-electron chi connectivity index (χ0n) is 9.64. The zero-order valence-corrected chi connectivity index (χ0v) is 12.1. The average Bonchev–Trinajstić information content (AvgIpc) is 2.14. The Morgan fingerprint density at radius 3 is 2.06 bits per heavy atom. The van der Waals surface area contributed by atoms with Gasteiger partial charge < -0.3 is 10.2 Å². The van der Waals surface area contributed by atoms with E-state index in [1.165, 1.54) is 13.8 Å². The van der Waals surface area contributed by atoms with E-state index in [0.29, 0.717) is 5.75 Å². The lowest BCUT2D eigenvalue weighted by Gasteiger charge is -2.32. The van der Waals surface area contributed by atoms with Gasteiger partial charge >= 0.3 is 11.3 Å². The molecule has 0 saturated heterocycles. The second-order valence-electron chi connectivity index (χ2n) is 3.81. The molecule has 0 aliphatic rings. The van der Waals surface area contributed by atoms with Gasteiger partial charge in [0.25, 0.3) is 0 Å². The minimum absolute atomic E-state index is 0.287. The summed E-state index contributed by atoms with van der Waals surface area (Å²) in [6.45, 7) is 4.79. The Balaban J connectivity index is 4.95. The van der Waals surface area contributed by atoms with Gasteiger partial charge in [-0.2, -0.15) is 0 Å². The van der Waals surface area contributed by atoms with Gasteiger partial charge in [-0.25, -0.2) is 4.79 Å². The summed E-state index contributed by atoms with van der Waals surface area (Å²) in [5, 5.41) is 17.1. The maximum Gasteiger partial charge on any atom is 0.352 e. The summed E-state index contributed by atoms with van der Waals surface area (Å²) in [4.78, 5) is 22.1. The van der Waals surface area contributed by atoms with Gasteiger partial charge in [-0.1, -0.05) is 30.9 Å². The van der Waals surface area contributed by atoms with Crippen LogP contribution in [0.1, 0.15) is 20.8 Å². The smallest absolute Gasteiger partial charge is 0.352 e. The molecule has 0 aliphatic heterocycles. The van der Waals surface area contributed by atoms with Crippen LogP contribution in [0.2, 0.25) is 0 Å². The van der Waals surface area contributed by atoms with Crippen LogP contribution in [0.4, 0.5) is 4.79 Å². The highest BCUT2D eigenvalue weighted by atomic mass is 32.3. The van der Waals surface area contributed by atoms with Crippen LogP contribution in [0, 0.1) is 0 Å². The first-order chi connectivity index (χ1) is 7.08. The number of carboxylic acids is 1. The lowest BCUT2D eigenvalue weighted by Crippen LogP contribution is -2.30. The van der Waals surface area contributed by atoms with Gasteiger partial charge in [-0.05, 0) is 25.9 Å². The highest BCUT2D eigenvalue weighted by Gasteiger charge is 2.37. The van der Waals surface area contributed by atoms with Crippen molar-refractivity contribution < 1.29 is 19.8 Å². The van der Waals surface area contributed by atoms with Crippen LogP contribution in [0.5, 0.6) is 0 Å². The minimum Gasteiger partial charge on any atom is -0.480 e. The molecule has 0 heterocycles. The van der Waals surface area contributed by atoms with Gasteiger partial charge in [0.15, 0.2) is 0 Å². The molecule has 7 heteroatoms. The average molecular weight is 284 g/mol. The van der Waals surface area contributed by atoms with Crippen LogP contribution >= 0.6 is 34.0 Å². The van der Waals surface area contributed by atoms with Crippen molar-refractivity contribution in [2.75, 3.05) is 12.0 Å². The fraction of sp³-hybridized carbons (Fsp3) is 0.667. The summed E-state index contributed by atoms with van der Waals surface area (Å²) in [6.07, 6.45) is 1.60. The van der Waals surface area contributed by atoms with E-state index in [0.717, 1.165) is 11.8 Å². The summed E-state index contributed by atoms with van der Waals surface area (Å²) in [5.74, 6) is -0.577. The Morgan fingerprint density at radius 2 is 1.81 bits per heavy atom. The predicted octanol–water partition coefficient (Wildman–Crippen LogP) is 3.00. The molecule has 0 amide bonds. The number of carboxylic acid groups (broad SMARTS) is 2. The molecule has 0 saturated carbocycles. The monoisotopic (exact) mass is 284 g/mol.